The first-order valence-electron chi connectivity index (χ1n) is 9.30. The Bertz CT molecular complexity index is 1190. The lowest BCUT2D eigenvalue weighted by atomic mass is 10.1. The molecule has 0 fully saturated rings. The van der Waals surface area contributed by atoms with Crippen molar-refractivity contribution in [1.82, 2.24) is 9.38 Å². The first-order chi connectivity index (χ1) is 14.3. The van der Waals surface area contributed by atoms with Crippen molar-refractivity contribution in [1.29, 1.82) is 0 Å². The van der Waals surface area contributed by atoms with Crippen LogP contribution in [0, 0.1) is 6.92 Å². The van der Waals surface area contributed by atoms with Gasteiger partial charge >= 0.3 is 6.18 Å². The Kier molecular flexibility index (Phi) is 5.03. The minimum atomic E-state index is -4.39. The molecule has 152 valence electrons. The summed E-state index contributed by atoms with van der Waals surface area (Å²) in [5.41, 5.74) is 4.10. The highest BCUT2D eigenvalue weighted by atomic mass is 19.4. The number of hydrogen-bond acceptors (Lipinski definition) is 2. The van der Waals surface area contributed by atoms with E-state index in [0.29, 0.717) is 11.3 Å². The van der Waals surface area contributed by atoms with Crippen molar-refractivity contribution in [2.24, 2.45) is 0 Å². The zero-order chi connectivity index (χ0) is 21.3. The van der Waals surface area contributed by atoms with Crippen LogP contribution >= 0.6 is 0 Å². The Balaban J connectivity index is 1.42. The van der Waals surface area contributed by atoms with Gasteiger partial charge in [0.2, 0.25) is 5.91 Å². The molecule has 0 bridgehead atoms. The molecule has 2 aromatic heterocycles. The van der Waals surface area contributed by atoms with Crippen molar-refractivity contribution in [2.75, 3.05) is 5.32 Å². The second kappa shape index (κ2) is 7.67. The average Bonchev–Trinajstić information content (AvgIpc) is 3.14. The summed E-state index contributed by atoms with van der Waals surface area (Å²) >= 11 is 0. The van der Waals surface area contributed by atoms with Crippen LogP contribution < -0.4 is 5.32 Å². The Morgan fingerprint density at radius 3 is 2.37 bits per heavy atom. The van der Waals surface area contributed by atoms with Crippen LogP contribution in [0.25, 0.3) is 16.9 Å². The Hall–Kier alpha value is -3.61. The van der Waals surface area contributed by atoms with Crippen molar-refractivity contribution < 1.29 is 18.0 Å². The minimum absolute atomic E-state index is 0.00833. The fourth-order valence-electron chi connectivity index (χ4n) is 3.22. The maximum absolute atomic E-state index is 12.6. The number of hydrogen-bond donors (Lipinski definition) is 1. The lowest BCUT2D eigenvalue weighted by Crippen LogP contribution is -2.14. The van der Waals surface area contributed by atoms with Crippen LogP contribution in [-0.2, 0) is 17.4 Å². The molecule has 0 unspecified atom stereocenters. The highest BCUT2D eigenvalue weighted by Crippen LogP contribution is 2.29. The van der Waals surface area contributed by atoms with Gasteiger partial charge in [-0.15, -0.1) is 0 Å². The van der Waals surface area contributed by atoms with Crippen LogP contribution in [0.2, 0.25) is 0 Å². The molecule has 1 N–H and O–H groups in total. The van der Waals surface area contributed by atoms with E-state index >= 15 is 0 Å². The average molecular weight is 409 g/mol. The van der Waals surface area contributed by atoms with Gasteiger partial charge in [0.1, 0.15) is 5.65 Å². The zero-order valence-electron chi connectivity index (χ0n) is 16.1. The van der Waals surface area contributed by atoms with Crippen LogP contribution in [0.15, 0.2) is 73.1 Å². The maximum atomic E-state index is 12.6. The molecule has 7 heteroatoms. The lowest BCUT2D eigenvalue weighted by molar-refractivity contribution is -0.137. The van der Waals surface area contributed by atoms with E-state index in [1.54, 1.807) is 12.1 Å². The second-order valence-corrected chi connectivity index (χ2v) is 7.05. The molecule has 0 saturated carbocycles. The van der Waals surface area contributed by atoms with Crippen LogP contribution in [0.1, 0.15) is 16.7 Å². The van der Waals surface area contributed by atoms with E-state index in [4.69, 9.17) is 0 Å². The van der Waals surface area contributed by atoms with Gasteiger partial charge in [0.05, 0.1) is 17.7 Å². The number of alkyl halides is 3. The van der Waals surface area contributed by atoms with Gasteiger partial charge in [0.25, 0.3) is 0 Å². The van der Waals surface area contributed by atoms with Gasteiger partial charge in [-0.05, 0) is 48.4 Å². The highest BCUT2D eigenvalue weighted by Gasteiger charge is 2.29. The molecule has 0 aliphatic carbocycles. The smallest absolute Gasteiger partial charge is 0.326 e. The number of imidazole rings is 1. The first kappa shape index (κ1) is 19.7. The van der Waals surface area contributed by atoms with Crippen LogP contribution in [0.3, 0.4) is 0 Å². The monoisotopic (exact) mass is 409 g/mol. The molecule has 2 aromatic carbocycles. The van der Waals surface area contributed by atoms with Crippen molar-refractivity contribution >= 4 is 17.2 Å². The number of carbonyl (C=O) groups is 1. The number of rotatable bonds is 4. The molecule has 2 heterocycles. The maximum Gasteiger partial charge on any atom is 0.416 e. The molecule has 0 spiro atoms. The third-order valence-electron chi connectivity index (χ3n) is 4.79. The van der Waals surface area contributed by atoms with Crippen molar-refractivity contribution in [3.8, 4) is 11.3 Å². The molecule has 4 aromatic rings. The molecule has 0 aliphatic heterocycles. The number of nitrogens with one attached hydrogen (secondary N) is 1. The van der Waals surface area contributed by atoms with Crippen LogP contribution in [-0.4, -0.2) is 15.3 Å². The zero-order valence-corrected chi connectivity index (χ0v) is 16.1. The topological polar surface area (TPSA) is 46.4 Å². The molecule has 4 rings (SSSR count). The number of benzene rings is 2. The third-order valence-corrected chi connectivity index (χ3v) is 4.79. The summed E-state index contributed by atoms with van der Waals surface area (Å²) in [5.74, 6) is -0.300. The van der Waals surface area contributed by atoms with E-state index in [2.05, 4.69) is 10.3 Å². The molecule has 0 aliphatic rings. The summed E-state index contributed by atoms with van der Waals surface area (Å²) in [6.07, 6.45) is -0.511. The van der Waals surface area contributed by atoms with E-state index in [1.807, 2.05) is 48.0 Å². The Labute approximate surface area is 171 Å². The summed E-state index contributed by atoms with van der Waals surface area (Å²) in [5, 5.41) is 2.76. The number of halogens is 3. The molecule has 0 saturated heterocycles. The van der Waals surface area contributed by atoms with Gasteiger partial charge in [-0.1, -0.05) is 30.3 Å². The molecular weight excluding hydrogens is 391 g/mol. The molecule has 4 nitrogen and oxygen atoms in total. The summed E-state index contributed by atoms with van der Waals surface area (Å²) < 4.78 is 39.8. The Morgan fingerprint density at radius 2 is 1.73 bits per heavy atom. The normalized spacial score (nSPS) is 11.6. The van der Waals surface area contributed by atoms with Gasteiger partial charge in [0, 0.05) is 23.6 Å². The van der Waals surface area contributed by atoms with Gasteiger partial charge < -0.3 is 9.72 Å². The summed E-state index contributed by atoms with van der Waals surface area (Å²) in [7, 11) is 0. The lowest BCUT2D eigenvalue weighted by Gasteiger charge is -2.08. The minimum Gasteiger partial charge on any atom is -0.326 e. The molecule has 30 heavy (non-hydrogen) atoms. The number of nitrogens with zero attached hydrogens (tertiary/aromatic N) is 2. The largest absolute Gasteiger partial charge is 0.416 e. The van der Waals surface area contributed by atoms with E-state index in [0.717, 1.165) is 34.6 Å². The predicted octanol–water partition coefficient (Wildman–Crippen LogP) is 5.51. The standard InChI is InChI=1S/C23H18F3N3O/c1-15-3-2-12-29-14-20(28-22(15)29)17-6-10-19(11-7-17)27-21(30)13-16-4-8-18(9-5-16)23(24,25)26/h2-12,14H,13H2,1H3,(H,27,30). The molecule has 0 atom stereocenters. The Morgan fingerprint density at radius 1 is 1.03 bits per heavy atom. The van der Waals surface area contributed by atoms with E-state index in [9.17, 15) is 18.0 Å². The summed E-state index contributed by atoms with van der Waals surface area (Å²) in [6, 6.07) is 15.8. The first-order valence-corrected chi connectivity index (χ1v) is 9.30. The van der Waals surface area contributed by atoms with Gasteiger partial charge in [-0.2, -0.15) is 13.2 Å². The van der Waals surface area contributed by atoms with Crippen molar-refractivity contribution in [3.05, 3.63) is 89.7 Å². The predicted molar refractivity (Wildman–Crippen MR) is 109 cm³/mol. The van der Waals surface area contributed by atoms with Gasteiger partial charge in [0.15, 0.2) is 0 Å². The highest BCUT2D eigenvalue weighted by molar-refractivity contribution is 5.92. The summed E-state index contributed by atoms with van der Waals surface area (Å²) in [4.78, 5) is 16.9. The quantitative estimate of drug-likeness (QED) is 0.483. The fourth-order valence-corrected chi connectivity index (χ4v) is 3.22. The molecule has 0 radical (unpaired) electrons. The van der Waals surface area contributed by atoms with Crippen molar-refractivity contribution in [3.63, 3.8) is 0 Å². The number of aryl methyl sites for hydroxylation is 1. The number of anilines is 1. The number of aromatic nitrogens is 2. The third kappa shape index (κ3) is 4.20. The van der Waals surface area contributed by atoms with E-state index in [1.165, 1.54) is 12.1 Å². The molecular formula is C23H18F3N3O. The fraction of sp³-hybridized carbons (Fsp3) is 0.130. The van der Waals surface area contributed by atoms with E-state index < -0.39 is 11.7 Å². The van der Waals surface area contributed by atoms with Crippen LogP contribution in [0.4, 0.5) is 18.9 Å². The van der Waals surface area contributed by atoms with Crippen molar-refractivity contribution in [2.45, 2.75) is 19.5 Å². The second-order valence-electron chi connectivity index (χ2n) is 7.05. The van der Waals surface area contributed by atoms with Gasteiger partial charge in [-0.3, -0.25) is 4.79 Å². The molecule has 1 amide bonds. The number of amides is 1. The van der Waals surface area contributed by atoms with Gasteiger partial charge in [-0.25, -0.2) is 4.98 Å². The number of pyridine rings is 1. The number of carbonyl (C=O) groups excluding carboxylic acids is 1. The van der Waals surface area contributed by atoms with E-state index in [-0.39, 0.29) is 12.3 Å². The van der Waals surface area contributed by atoms with Crippen LogP contribution in [0.5, 0.6) is 0 Å². The SMILES string of the molecule is Cc1cccn2cc(-c3ccc(NC(=O)Cc4ccc(C(F)(F)F)cc4)cc3)nc12. The summed E-state index contributed by atoms with van der Waals surface area (Å²) in [6.45, 7) is 2.00. The number of fused-ring (bicyclic) bond motifs is 1.